The molecule has 2 aliphatic rings. The third kappa shape index (κ3) is 14.0. The van der Waals surface area contributed by atoms with Crippen molar-refractivity contribution in [1.29, 1.82) is 0 Å². The minimum absolute atomic E-state index is 0.0330. The number of allylic oxidation sites excluding steroid dienone is 1. The van der Waals surface area contributed by atoms with Crippen LogP contribution in [0.3, 0.4) is 0 Å². The molecule has 2 heterocycles. The number of ether oxygens (including phenoxy) is 2. The summed E-state index contributed by atoms with van der Waals surface area (Å²) in [6.45, 7) is 16.8. The van der Waals surface area contributed by atoms with Gasteiger partial charge >= 0.3 is 0 Å². The van der Waals surface area contributed by atoms with Gasteiger partial charge in [-0.15, -0.1) is 0 Å². The summed E-state index contributed by atoms with van der Waals surface area (Å²) in [5.74, 6) is 0. The second-order valence-corrected chi connectivity index (χ2v) is 7.76. The third-order valence-electron chi connectivity index (χ3n) is 3.85. The van der Waals surface area contributed by atoms with E-state index in [1.807, 2.05) is 41.5 Å². The van der Waals surface area contributed by atoms with Gasteiger partial charge in [-0.2, -0.15) is 0 Å². The van der Waals surface area contributed by atoms with Crippen LogP contribution in [-0.2, 0) is 19.2 Å². The molecule has 0 bridgehead atoms. The van der Waals surface area contributed by atoms with Crippen LogP contribution in [0.4, 0.5) is 0 Å². The summed E-state index contributed by atoms with van der Waals surface area (Å²) in [5.41, 5.74) is 1.59. The summed E-state index contributed by atoms with van der Waals surface area (Å²) in [6.07, 6.45) is 1.94. The van der Waals surface area contributed by atoms with E-state index in [2.05, 4.69) is 11.5 Å². The van der Waals surface area contributed by atoms with E-state index in [0.717, 1.165) is 11.9 Å². The maximum absolute atomic E-state index is 9.86. The minimum Gasteiger partial charge on any atom is -0.394 e. The summed E-state index contributed by atoms with van der Waals surface area (Å²) in [4.78, 5) is 13.7. The lowest BCUT2D eigenvalue weighted by Gasteiger charge is -2.07. The van der Waals surface area contributed by atoms with Crippen molar-refractivity contribution in [2.24, 2.45) is 0 Å². The average molecular weight is 407 g/mol. The molecule has 8 nitrogen and oxygen atoms in total. The Bertz CT molecular complexity index is 477. The molecule has 0 spiro atoms. The standard InChI is InChI=1S/C5H10O3.C5H10O2.C5H8O2.C5H10O/c1-4(2)5(3-6)8-7;2*1-5(2)4(3-6)7-5;1-5(2)3-4-6/h5-7H,1,3H2,2H3;4,6H,3H2,1-2H3;3-4H,1-2H3;3,6H,4H2,1-2H3. The first-order valence-electron chi connectivity index (χ1n) is 9.05. The first kappa shape index (κ1) is 29.1. The lowest BCUT2D eigenvalue weighted by Crippen LogP contribution is -2.16. The third-order valence-corrected chi connectivity index (χ3v) is 3.85. The van der Waals surface area contributed by atoms with E-state index in [9.17, 15) is 4.79 Å². The number of rotatable bonds is 6. The molecule has 3 unspecified atom stereocenters. The highest BCUT2D eigenvalue weighted by Gasteiger charge is 2.47. The molecule has 0 saturated carbocycles. The van der Waals surface area contributed by atoms with Gasteiger partial charge in [0.15, 0.2) is 6.29 Å². The summed E-state index contributed by atoms with van der Waals surface area (Å²) in [5, 5.41) is 32.9. The molecule has 166 valence electrons. The fourth-order valence-corrected chi connectivity index (χ4v) is 1.54. The van der Waals surface area contributed by atoms with Crippen LogP contribution in [0, 0.1) is 0 Å². The van der Waals surface area contributed by atoms with Crippen LogP contribution in [0.2, 0.25) is 0 Å². The van der Waals surface area contributed by atoms with Crippen LogP contribution >= 0.6 is 0 Å². The predicted octanol–water partition coefficient (Wildman–Crippen LogP) is 1.88. The van der Waals surface area contributed by atoms with Crippen LogP contribution < -0.4 is 0 Å². The first-order chi connectivity index (χ1) is 12.8. The molecule has 2 aliphatic heterocycles. The Balaban J connectivity index is 0. The van der Waals surface area contributed by atoms with E-state index in [1.54, 1.807) is 13.0 Å². The van der Waals surface area contributed by atoms with Crippen LogP contribution in [-0.4, -0.2) is 76.2 Å². The molecule has 4 N–H and O–H groups in total. The van der Waals surface area contributed by atoms with E-state index < -0.39 is 6.10 Å². The van der Waals surface area contributed by atoms with Crippen molar-refractivity contribution in [1.82, 2.24) is 0 Å². The number of carbonyl (C=O) groups excluding carboxylic acids is 1. The zero-order chi connectivity index (χ0) is 22.5. The van der Waals surface area contributed by atoms with Crippen molar-refractivity contribution < 1.29 is 39.7 Å². The number of epoxide rings is 2. The number of aliphatic hydroxyl groups excluding tert-OH is 3. The van der Waals surface area contributed by atoms with Gasteiger partial charge in [0.2, 0.25) is 0 Å². The molecule has 0 aliphatic carbocycles. The molecule has 0 aromatic rings. The second-order valence-electron chi connectivity index (χ2n) is 7.76. The minimum atomic E-state index is -0.630. The number of hydrogen-bond acceptors (Lipinski definition) is 8. The molecule has 3 atom stereocenters. The largest absolute Gasteiger partial charge is 0.394 e. The maximum Gasteiger partial charge on any atom is 0.151 e. The van der Waals surface area contributed by atoms with Gasteiger partial charge in [0.25, 0.3) is 0 Å². The molecule has 8 heteroatoms. The molecular formula is C20H38O8. The zero-order valence-corrected chi connectivity index (χ0v) is 18.1. The summed E-state index contributed by atoms with van der Waals surface area (Å²) in [7, 11) is 0. The van der Waals surface area contributed by atoms with Gasteiger partial charge in [-0.25, -0.2) is 4.89 Å². The first-order valence-corrected chi connectivity index (χ1v) is 9.05. The Morgan fingerprint density at radius 3 is 1.57 bits per heavy atom. The number of hydrogen-bond donors (Lipinski definition) is 4. The maximum atomic E-state index is 9.86. The number of carbonyl (C=O) groups is 1. The van der Waals surface area contributed by atoms with Crippen molar-refractivity contribution >= 4 is 6.29 Å². The smallest absolute Gasteiger partial charge is 0.151 e. The van der Waals surface area contributed by atoms with Crippen molar-refractivity contribution in [2.45, 2.75) is 78.0 Å². The lowest BCUT2D eigenvalue weighted by molar-refractivity contribution is -0.274. The normalized spacial score (nSPS) is 23.1. The Morgan fingerprint density at radius 2 is 1.57 bits per heavy atom. The fourth-order valence-electron chi connectivity index (χ4n) is 1.54. The van der Waals surface area contributed by atoms with E-state index in [1.165, 1.54) is 0 Å². The van der Waals surface area contributed by atoms with Crippen molar-refractivity contribution in [3.8, 4) is 0 Å². The molecule has 2 rings (SSSR count). The van der Waals surface area contributed by atoms with Gasteiger partial charge in [-0.1, -0.05) is 18.2 Å². The lowest BCUT2D eigenvalue weighted by atomic mass is 10.1. The highest BCUT2D eigenvalue weighted by atomic mass is 17.1. The summed E-state index contributed by atoms with van der Waals surface area (Å²) < 4.78 is 9.89. The van der Waals surface area contributed by atoms with E-state index >= 15 is 0 Å². The van der Waals surface area contributed by atoms with Crippen LogP contribution in [0.25, 0.3) is 0 Å². The van der Waals surface area contributed by atoms with Gasteiger partial charge < -0.3 is 29.6 Å². The molecular weight excluding hydrogens is 368 g/mol. The van der Waals surface area contributed by atoms with Gasteiger partial charge in [0.05, 0.1) is 31.0 Å². The van der Waals surface area contributed by atoms with E-state index in [0.29, 0.717) is 5.57 Å². The Morgan fingerprint density at radius 1 is 1.11 bits per heavy atom. The van der Waals surface area contributed by atoms with Crippen molar-refractivity contribution in [2.75, 3.05) is 19.8 Å². The summed E-state index contributed by atoms with van der Waals surface area (Å²) >= 11 is 0. The highest BCUT2D eigenvalue weighted by molar-refractivity contribution is 5.62. The highest BCUT2D eigenvalue weighted by Crippen LogP contribution is 2.34. The van der Waals surface area contributed by atoms with Crippen LogP contribution in [0.5, 0.6) is 0 Å². The van der Waals surface area contributed by atoms with Gasteiger partial charge in [-0.05, 0) is 54.0 Å². The molecule has 0 radical (unpaired) electrons. The Labute approximate surface area is 168 Å². The quantitative estimate of drug-likeness (QED) is 0.173. The fraction of sp³-hybridized carbons (Fsp3) is 0.750. The Hall–Kier alpha value is -1.13. The SMILES string of the molecule is C=C(C)C(CO)OO.CC(C)=CCO.CC1(C)OC1C=O.CC1(C)OC1CO. The molecule has 28 heavy (non-hydrogen) atoms. The van der Waals surface area contributed by atoms with Crippen LogP contribution in [0.1, 0.15) is 48.5 Å². The van der Waals surface area contributed by atoms with E-state index in [-0.39, 0.29) is 43.2 Å². The second kappa shape index (κ2) is 13.9. The average Bonchev–Trinajstić information content (AvgIpc) is 3.43. The van der Waals surface area contributed by atoms with Gasteiger partial charge in [0, 0.05) is 0 Å². The topological polar surface area (TPSA) is 132 Å². The monoisotopic (exact) mass is 406 g/mol. The molecule has 2 saturated heterocycles. The predicted molar refractivity (Wildman–Crippen MR) is 107 cm³/mol. The Kier molecular flexibility index (Phi) is 14.5. The van der Waals surface area contributed by atoms with Crippen molar-refractivity contribution in [3.63, 3.8) is 0 Å². The molecule has 0 amide bonds. The molecule has 0 aromatic heterocycles. The zero-order valence-electron chi connectivity index (χ0n) is 18.1. The number of aliphatic hydroxyl groups is 3. The number of aldehydes is 1. The van der Waals surface area contributed by atoms with Gasteiger partial charge in [-0.3, -0.25) is 5.26 Å². The van der Waals surface area contributed by atoms with Gasteiger partial charge in [0.1, 0.15) is 18.3 Å². The summed E-state index contributed by atoms with van der Waals surface area (Å²) in [6, 6.07) is 0. The van der Waals surface area contributed by atoms with E-state index in [4.69, 9.17) is 30.1 Å². The van der Waals surface area contributed by atoms with Crippen molar-refractivity contribution in [3.05, 3.63) is 23.8 Å². The van der Waals surface area contributed by atoms with Crippen LogP contribution in [0.15, 0.2) is 23.8 Å². The molecule has 2 fully saturated rings. The molecule has 0 aromatic carbocycles.